The summed E-state index contributed by atoms with van der Waals surface area (Å²) in [5, 5.41) is 10.8. The second-order valence-corrected chi connectivity index (χ2v) is 5.19. The molecule has 1 aromatic heterocycles. The van der Waals surface area contributed by atoms with E-state index in [1.165, 1.54) is 30.6 Å². The first-order valence-electron chi connectivity index (χ1n) is 5.16. The number of aromatic carboxylic acids is 1. The van der Waals surface area contributed by atoms with Gasteiger partial charge in [-0.05, 0) is 39.7 Å². The second kappa shape index (κ2) is 6.28. The minimum absolute atomic E-state index is 0.417. The van der Waals surface area contributed by atoms with Crippen molar-refractivity contribution in [3.8, 4) is 0 Å². The molecule has 0 bridgehead atoms. The SMILES string of the molecule is CCCCCCc1csc(C(=O)O)c1Br. The van der Waals surface area contributed by atoms with Gasteiger partial charge >= 0.3 is 5.97 Å². The predicted octanol–water partition coefficient (Wildman–Crippen LogP) is 4.33. The third-order valence-corrected chi connectivity index (χ3v) is 4.48. The number of rotatable bonds is 6. The van der Waals surface area contributed by atoms with Gasteiger partial charge in [0.15, 0.2) is 0 Å². The summed E-state index contributed by atoms with van der Waals surface area (Å²) in [5.41, 5.74) is 1.13. The summed E-state index contributed by atoms with van der Waals surface area (Å²) in [6.07, 6.45) is 5.83. The zero-order chi connectivity index (χ0) is 11.3. The molecule has 0 aliphatic heterocycles. The molecular weight excluding hydrogens is 276 g/mol. The Morgan fingerprint density at radius 1 is 1.47 bits per heavy atom. The van der Waals surface area contributed by atoms with E-state index in [0.29, 0.717) is 4.88 Å². The van der Waals surface area contributed by atoms with Crippen molar-refractivity contribution in [1.29, 1.82) is 0 Å². The van der Waals surface area contributed by atoms with Crippen LogP contribution in [0.4, 0.5) is 0 Å². The van der Waals surface area contributed by atoms with Crippen LogP contribution in [-0.4, -0.2) is 11.1 Å². The zero-order valence-electron chi connectivity index (χ0n) is 8.75. The van der Waals surface area contributed by atoms with E-state index in [1.54, 1.807) is 0 Å². The van der Waals surface area contributed by atoms with Gasteiger partial charge in [-0.1, -0.05) is 26.2 Å². The van der Waals surface area contributed by atoms with Crippen LogP contribution < -0.4 is 0 Å². The maximum atomic E-state index is 10.8. The van der Waals surface area contributed by atoms with Crippen molar-refractivity contribution < 1.29 is 9.90 Å². The van der Waals surface area contributed by atoms with E-state index in [-0.39, 0.29) is 0 Å². The van der Waals surface area contributed by atoms with Crippen molar-refractivity contribution in [1.82, 2.24) is 0 Å². The lowest BCUT2D eigenvalue weighted by molar-refractivity contribution is 0.0701. The van der Waals surface area contributed by atoms with Gasteiger partial charge in [-0.2, -0.15) is 0 Å². The molecule has 0 atom stereocenters. The maximum Gasteiger partial charge on any atom is 0.347 e. The van der Waals surface area contributed by atoms with Crippen molar-refractivity contribution in [2.45, 2.75) is 39.0 Å². The molecule has 0 saturated carbocycles. The van der Waals surface area contributed by atoms with Crippen molar-refractivity contribution in [3.63, 3.8) is 0 Å². The van der Waals surface area contributed by atoms with Crippen LogP contribution in [0.5, 0.6) is 0 Å². The van der Waals surface area contributed by atoms with E-state index in [2.05, 4.69) is 22.9 Å². The topological polar surface area (TPSA) is 37.3 Å². The summed E-state index contributed by atoms with van der Waals surface area (Å²) in [4.78, 5) is 11.2. The molecular formula is C11H15BrO2S. The average Bonchev–Trinajstić information content (AvgIpc) is 2.55. The molecule has 2 nitrogen and oxygen atoms in total. The number of carbonyl (C=O) groups is 1. The normalized spacial score (nSPS) is 10.5. The van der Waals surface area contributed by atoms with Crippen LogP contribution in [0.25, 0.3) is 0 Å². The van der Waals surface area contributed by atoms with Crippen LogP contribution in [0.2, 0.25) is 0 Å². The van der Waals surface area contributed by atoms with Gasteiger partial charge in [-0.3, -0.25) is 0 Å². The van der Waals surface area contributed by atoms with Crippen molar-refractivity contribution in [3.05, 3.63) is 20.3 Å². The Balaban J connectivity index is 2.51. The second-order valence-electron chi connectivity index (χ2n) is 3.52. The van der Waals surface area contributed by atoms with Gasteiger partial charge < -0.3 is 5.11 Å². The number of aryl methyl sites for hydroxylation is 1. The maximum absolute atomic E-state index is 10.8. The first kappa shape index (κ1) is 12.7. The Labute approximate surface area is 102 Å². The van der Waals surface area contributed by atoms with Gasteiger partial charge in [0.05, 0.1) is 0 Å². The van der Waals surface area contributed by atoms with Gasteiger partial charge in [0.2, 0.25) is 0 Å². The van der Waals surface area contributed by atoms with Crippen LogP contribution in [-0.2, 0) is 6.42 Å². The first-order valence-corrected chi connectivity index (χ1v) is 6.83. The fraction of sp³-hybridized carbons (Fsp3) is 0.545. The van der Waals surface area contributed by atoms with E-state index in [1.807, 2.05) is 5.38 Å². The lowest BCUT2D eigenvalue weighted by Gasteiger charge is -1.99. The lowest BCUT2D eigenvalue weighted by Crippen LogP contribution is -1.93. The number of hydrogen-bond donors (Lipinski definition) is 1. The Morgan fingerprint density at radius 2 is 2.20 bits per heavy atom. The molecule has 0 aromatic carbocycles. The van der Waals surface area contributed by atoms with E-state index in [0.717, 1.165) is 22.9 Å². The largest absolute Gasteiger partial charge is 0.477 e. The van der Waals surface area contributed by atoms with E-state index in [9.17, 15) is 4.79 Å². The Hall–Kier alpha value is -0.350. The summed E-state index contributed by atoms with van der Waals surface area (Å²) in [5.74, 6) is -0.841. The summed E-state index contributed by atoms with van der Waals surface area (Å²) in [7, 11) is 0. The quantitative estimate of drug-likeness (QED) is 0.792. The van der Waals surface area contributed by atoms with E-state index in [4.69, 9.17) is 5.11 Å². The monoisotopic (exact) mass is 290 g/mol. The van der Waals surface area contributed by atoms with Gasteiger partial charge in [-0.25, -0.2) is 4.79 Å². The standard InChI is InChI=1S/C11H15BrO2S/c1-2-3-4-5-6-8-7-15-10(9(8)12)11(13)14/h7H,2-6H2,1H3,(H,13,14). The zero-order valence-corrected chi connectivity index (χ0v) is 11.2. The highest BCUT2D eigenvalue weighted by Crippen LogP contribution is 2.29. The molecule has 84 valence electrons. The molecule has 1 rings (SSSR count). The molecule has 0 spiro atoms. The summed E-state index contributed by atoms with van der Waals surface area (Å²) >= 11 is 4.65. The molecule has 1 heterocycles. The highest BCUT2D eigenvalue weighted by atomic mass is 79.9. The van der Waals surface area contributed by atoms with Crippen LogP contribution in [0.3, 0.4) is 0 Å². The van der Waals surface area contributed by atoms with Crippen LogP contribution >= 0.6 is 27.3 Å². The summed E-state index contributed by atoms with van der Waals surface area (Å²) < 4.78 is 0.775. The Kier molecular flexibility index (Phi) is 5.32. The molecule has 0 unspecified atom stereocenters. The smallest absolute Gasteiger partial charge is 0.347 e. The van der Waals surface area contributed by atoms with Crippen LogP contribution in [0.15, 0.2) is 9.85 Å². The number of unbranched alkanes of at least 4 members (excludes halogenated alkanes) is 3. The molecule has 1 N–H and O–H groups in total. The summed E-state index contributed by atoms with van der Waals surface area (Å²) in [6.45, 7) is 2.18. The Morgan fingerprint density at radius 3 is 2.73 bits per heavy atom. The van der Waals surface area contributed by atoms with Crippen LogP contribution in [0, 0.1) is 0 Å². The highest BCUT2D eigenvalue weighted by molar-refractivity contribution is 9.10. The molecule has 0 radical (unpaired) electrons. The van der Waals surface area contributed by atoms with Gasteiger partial charge in [0.25, 0.3) is 0 Å². The summed E-state index contributed by atoms with van der Waals surface area (Å²) in [6, 6.07) is 0. The lowest BCUT2D eigenvalue weighted by atomic mass is 10.1. The number of carboxylic acid groups (broad SMARTS) is 1. The molecule has 0 amide bonds. The fourth-order valence-electron chi connectivity index (χ4n) is 1.43. The number of hydrogen-bond acceptors (Lipinski definition) is 2. The van der Waals surface area contributed by atoms with Gasteiger partial charge in [-0.15, -0.1) is 11.3 Å². The molecule has 1 aromatic rings. The fourth-order valence-corrected chi connectivity index (χ4v) is 3.18. The highest BCUT2D eigenvalue weighted by Gasteiger charge is 2.14. The molecule has 0 aliphatic carbocycles. The molecule has 0 aliphatic rings. The van der Waals surface area contributed by atoms with Crippen molar-refractivity contribution >= 4 is 33.2 Å². The average molecular weight is 291 g/mol. The molecule has 15 heavy (non-hydrogen) atoms. The number of halogens is 1. The van der Waals surface area contributed by atoms with Crippen molar-refractivity contribution in [2.75, 3.05) is 0 Å². The molecule has 0 saturated heterocycles. The molecule has 0 fully saturated rings. The van der Waals surface area contributed by atoms with Gasteiger partial charge in [0, 0.05) is 4.47 Å². The minimum Gasteiger partial charge on any atom is -0.477 e. The first-order chi connectivity index (χ1) is 7.16. The minimum atomic E-state index is -0.841. The van der Waals surface area contributed by atoms with E-state index >= 15 is 0 Å². The third-order valence-electron chi connectivity index (χ3n) is 2.29. The Bertz CT molecular complexity index is 333. The van der Waals surface area contributed by atoms with E-state index < -0.39 is 5.97 Å². The van der Waals surface area contributed by atoms with Crippen molar-refractivity contribution in [2.24, 2.45) is 0 Å². The van der Waals surface area contributed by atoms with Gasteiger partial charge in [0.1, 0.15) is 4.88 Å². The third kappa shape index (κ3) is 3.61. The number of thiophene rings is 1. The molecule has 4 heteroatoms. The van der Waals surface area contributed by atoms with Crippen LogP contribution in [0.1, 0.15) is 47.8 Å². The number of carboxylic acids is 1. The predicted molar refractivity (Wildman–Crippen MR) is 66.8 cm³/mol.